The van der Waals surface area contributed by atoms with Gasteiger partial charge in [-0.2, -0.15) is 5.10 Å². The van der Waals surface area contributed by atoms with Crippen LogP contribution >= 0.6 is 11.3 Å². The molecule has 7 nitrogen and oxygen atoms in total. The van der Waals surface area contributed by atoms with Crippen molar-refractivity contribution >= 4 is 22.2 Å². The highest BCUT2D eigenvalue weighted by atomic mass is 32.1. The first-order valence-electron chi connectivity index (χ1n) is 12.0. The van der Waals surface area contributed by atoms with Gasteiger partial charge in [0, 0.05) is 22.8 Å². The van der Waals surface area contributed by atoms with Crippen LogP contribution < -0.4 is 10.9 Å². The van der Waals surface area contributed by atoms with Crippen LogP contribution in [0.3, 0.4) is 0 Å². The third kappa shape index (κ3) is 4.93. The van der Waals surface area contributed by atoms with Crippen molar-refractivity contribution in [3.63, 3.8) is 0 Å². The molecule has 0 aliphatic carbocycles. The molecule has 1 amide bonds. The van der Waals surface area contributed by atoms with E-state index in [1.807, 2.05) is 49.0 Å². The highest BCUT2D eigenvalue weighted by Crippen LogP contribution is 2.24. The molecule has 4 rings (SSSR count). The van der Waals surface area contributed by atoms with Crippen molar-refractivity contribution in [2.24, 2.45) is 5.92 Å². The van der Waals surface area contributed by atoms with Gasteiger partial charge in [-0.15, -0.1) is 11.3 Å². The summed E-state index contributed by atoms with van der Waals surface area (Å²) in [5, 5.41) is 9.63. The first-order valence-corrected chi connectivity index (χ1v) is 12.9. The molecule has 1 aromatic carbocycles. The van der Waals surface area contributed by atoms with Gasteiger partial charge in [0.05, 0.1) is 23.4 Å². The zero-order chi connectivity index (χ0) is 25.4. The number of aromatic nitrogens is 4. The summed E-state index contributed by atoms with van der Waals surface area (Å²) in [4.78, 5) is 31.5. The zero-order valence-corrected chi connectivity index (χ0v) is 22.2. The zero-order valence-electron chi connectivity index (χ0n) is 21.4. The molecule has 3 aromatic heterocycles. The maximum absolute atomic E-state index is 13.7. The number of hydrogen-bond acceptors (Lipinski definition) is 5. The van der Waals surface area contributed by atoms with Crippen LogP contribution in [0.25, 0.3) is 21.9 Å². The number of carbonyl (C=O) groups is 1. The normalized spacial score (nSPS) is 12.6. The molecule has 0 fully saturated rings. The standard InChI is InChI=1S/C27H33N5O2S/c1-15(2)18(6)28-24(33)13-22-14-35-27-29-19(7)25(26(34)31(22)27)23-12-17(5)32(30-23)21-10-8-20(9-11-21)16(3)4/h8-12,14-16,18H,13H2,1-7H3,(H,28,33). The van der Waals surface area contributed by atoms with Crippen molar-refractivity contribution in [2.75, 3.05) is 0 Å². The van der Waals surface area contributed by atoms with Gasteiger partial charge in [-0.3, -0.25) is 14.0 Å². The van der Waals surface area contributed by atoms with Crippen molar-refractivity contribution in [3.8, 4) is 16.9 Å². The van der Waals surface area contributed by atoms with Crippen molar-refractivity contribution in [3.05, 3.63) is 68.7 Å². The second kappa shape index (κ2) is 9.77. The van der Waals surface area contributed by atoms with E-state index in [4.69, 9.17) is 5.10 Å². The summed E-state index contributed by atoms with van der Waals surface area (Å²) < 4.78 is 3.40. The van der Waals surface area contributed by atoms with Crippen molar-refractivity contribution in [1.82, 2.24) is 24.5 Å². The van der Waals surface area contributed by atoms with Gasteiger partial charge in [0.25, 0.3) is 5.56 Å². The largest absolute Gasteiger partial charge is 0.353 e. The molecule has 0 saturated carbocycles. The van der Waals surface area contributed by atoms with Crippen LogP contribution in [0.4, 0.5) is 0 Å². The topological polar surface area (TPSA) is 81.3 Å². The molecule has 0 bridgehead atoms. The number of nitrogens with one attached hydrogen (secondary N) is 1. The van der Waals surface area contributed by atoms with E-state index in [2.05, 4.69) is 50.1 Å². The second-order valence-corrected chi connectivity index (χ2v) is 10.7. The van der Waals surface area contributed by atoms with Crippen LogP contribution in [0.2, 0.25) is 0 Å². The quantitative estimate of drug-likeness (QED) is 0.392. The Labute approximate surface area is 209 Å². The van der Waals surface area contributed by atoms with Gasteiger partial charge < -0.3 is 5.32 Å². The van der Waals surface area contributed by atoms with E-state index in [0.717, 1.165) is 11.4 Å². The van der Waals surface area contributed by atoms with Gasteiger partial charge in [-0.1, -0.05) is 39.8 Å². The average Bonchev–Trinajstić information content (AvgIpc) is 3.36. The van der Waals surface area contributed by atoms with Crippen molar-refractivity contribution in [2.45, 2.75) is 66.8 Å². The number of rotatable bonds is 7. The first-order chi connectivity index (χ1) is 16.6. The third-order valence-corrected chi connectivity index (χ3v) is 7.37. The molecule has 1 N–H and O–H groups in total. The average molecular weight is 492 g/mol. The van der Waals surface area contributed by atoms with E-state index in [0.29, 0.717) is 39.4 Å². The highest BCUT2D eigenvalue weighted by molar-refractivity contribution is 7.15. The molecule has 8 heteroatoms. The van der Waals surface area contributed by atoms with Gasteiger partial charge in [-0.05, 0) is 56.4 Å². The van der Waals surface area contributed by atoms with E-state index in [1.165, 1.54) is 16.9 Å². The Morgan fingerprint density at radius 2 is 1.77 bits per heavy atom. The van der Waals surface area contributed by atoms with Crippen LogP contribution in [-0.2, 0) is 11.2 Å². The summed E-state index contributed by atoms with van der Waals surface area (Å²) in [5.74, 6) is 0.677. The van der Waals surface area contributed by atoms with Gasteiger partial charge in [0.1, 0.15) is 5.69 Å². The van der Waals surface area contributed by atoms with E-state index in [1.54, 1.807) is 4.40 Å². The molecule has 0 aliphatic rings. The minimum Gasteiger partial charge on any atom is -0.353 e. The molecular formula is C27H33N5O2S. The number of carbonyl (C=O) groups excluding carboxylic acids is 1. The molecule has 0 aliphatic heterocycles. The molecule has 1 unspecified atom stereocenters. The Balaban J connectivity index is 1.72. The van der Waals surface area contributed by atoms with E-state index in [-0.39, 0.29) is 23.9 Å². The Hall–Kier alpha value is -3.26. The minimum absolute atomic E-state index is 0.0570. The summed E-state index contributed by atoms with van der Waals surface area (Å²) in [6.45, 7) is 14.2. The Morgan fingerprint density at radius 3 is 2.40 bits per heavy atom. The van der Waals surface area contributed by atoms with E-state index < -0.39 is 0 Å². The number of benzene rings is 1. The Morgan fingerprint density at radius 1 is 1.09 bits per heavy atom. The van der Waals surface area contributed by atoms with Gasteiger partial charge in [0.15, 0.2) is 4.96 Å². The fourth-order valence-electron chi connectivity index (χ4n) is 4.02. The van der Waals surface area contributed by atoms with Gasteiger partial charge >= 0.3 is 0 Å². The smallest absolute Gasteiger partial charge is 0.268 e. The lowest BCUT2D eigenvalue weighted by atomic mass is 10.0. The minimum atomic E-state index is -0.201. The van der Waals surface area contributed by atoms with Gasteiger partial charge in [-0.25, -0.2) is 9.67 Å². The van der Waals surface area contributed by atoms with Crippen molar-refractivity contribution < 1.29 is 4.79 Å². The number of thiazole rings is 1. The Kier molecular flexibility index (Phi) is 6.94. The van der Waals surface area contributed by atoms with E-state index >= 15 is 0 Å². The van der Waals surface area contributed by atoms with Gasteiger partial charge in [0.2, 0.25) is 5.91 Å². The predicted octanol–water partition coefficient (Wildman–Crippen LogP) is 5.05. The number of fused-ring (bicyclic) bond motifs is 1. The maximum Gasteiger partial charge on any atom is 0.268 e. The molecule has 1 atom stereocenters. The summed E-state index contributed by atoms with van der Waals surface area (Å²) >= 11 is 1.37. The number of amides is 1. The summed E-state index contributed by atoms with van der Waals surface area (Å²) in [7, 11) is 0. The van der Waals surface area contributed by atoms with Crippen molar-refractivity contribution in [1.29, 1.82) is 0 Å². The molecule has 184 valence electrons. The fraction of sp³-hybridized carbons (Fsp3) is 0.407. The molecule has 0 spiro atoms. The monoisotopic (exact) mass is 491 g/mol. The predicted molar refractivity (Wildman–Crippen MR) is 142 cm³/mol. The molecule has 0 radical (unpaired) electrons. The molecular weight excluding hydrogens is 458 g/mol. The lowest BCUT2D eigenvalue weighted by molar-refractivity contribution is -0.121. The SMILES string of the molecule is Cc1nc2scc(CC(=O)NC(C)C(C)C)n2c(=O)c1-c1cc(C)n(-c2ccc(C(C)C)cc2)n1. The molecule has 35 heavy (non-hydrogen) atoms. The van der Waals surface area contributed by atoms with Crippen LogP contribution in [0, 0.1) is 19.8 Å². The van der Waals surface area contributed by atoms with Crippen LogP contribution in [0.15, 0.2) is 40.5 Å². The second-order valence-electron chi connectivity index (χ2n) is 9.83. The fourth-order valence-corrected chi connectivity index (χ4v) is 4.94. The Bertz CT molecular complexity index is 1430. The van der Waals surface area contributed by atoms with Crippen LogP contribution in [-0.4, -0.2) is 31.1 Å². The summed E-state index contributed by atoms with van der Waals surface area (Å²) in [6, 6.07) is 10.3. The van der Waals surface area contributed by atoms with Crippen LogP contribution in [0.5, 0.6) is 0 Å². The molecule has 3 heterocycles. The number of nitrogens with zero attached hydrogens (tertiary/aromatic N) is 4. The van der Waals surface area contributed by atoms with Crippen LogP contribution in [0.1, 0.15) is 63.2 Å². The molecule has 0 saturated heterocycles. The number of hydrogen-bond donors (Lipinski definition) is 1. The first kappa shape index (κ1) is 24.9. The van der Waals surface area contributed by atoms with E-state index in [9.17, 15) is 9.59 Å². The number of aryl methyl sites for hydroxylation is 2. The maximum atomic E-state index is 13.7. The lowest BCUT2D eigenvalue weighted by Crippen LogP contribution is -2.37. The molecule has 4 aromatic rings. The summed E-state index contributed by atoms with van der Waals surface area (Å²) in [6.07, 6.45) is 0.122. The summed E-state index contributed by atoms with van der Waals surface area (Å²) in [5.41, 5.74) is 5.23. The lowest BCUT2D eigenvalue weighted by Gasteiger charge is -2.17. The highest BCUT2D eigenvalue weighted by Gasteiger charge is 2.21. The third-order valence-electron chi connectivity index (χ3n) is 6.50.